The first kappa shape index (κ1) is 21.7. The van der Waals surface area contributed by atoms with E-state index in [1.54, 1.807) is 50.9 Å². The van der Waals surface area contributed by atoms with Gasteiger partial charge < -0.3 is 14.4 Å². The molecule has 2 aliphatic heterocycles. The summed E-state index contributed by atoms with van der Waals surface area (Å²) in [5.74, 6) is 0.444. The number of amides is 2. The summed E-state index contributed by atoms with van der Waals surface area (Å²) in [6.45, 7) is 1.39. The predicted molar refractivity (Wildman–Crippen MR) is 127 cm³/mol. The molecule has 172 valence electrons. The van der Waals surface area contributed by atoms with Crippen LogP contribution in [0.4, 0.5) is 0 Å². The number of ether oxygens (including phenoxy) is 2. The monoisotopic (exact) mass is 455 g/mol. The zero-order valence-electron chi connectivity index (χ0n) is 19.2. The standard InChI is InChI=1S/C27H25N3O4/c1-33-22-10-9-20(14-23(22)34-2)24-25(29-13-11-19-7-3-4-8-21(19)17-29)27(32)30(26(24)31)16-18-6-5-12-28-15-18/h3-10,12,14-15H,11,13,16-17H2,1-2H3. The van der Waals surface area contributed by atoms with Gasteiger partial charge in [-0.25, -0.2) is 0 Å². The molecule has 7 nitrogen and oxygen atoms in total. The molecule has 5 rings (SSSR count). The van der Waals surface area contributed by atoms with Crippen LogP contribution in [0, 0.1) is 0 Å². The number of fused-ring (bicyclic) bond motifs is 1. The van der Waals surface area contributed by atoms with Gasteiger partial charge in [-0.1, -0.05) is 36.4 Å². The average Bonchev–Trinajstić information content (AvgIpc) is 3.13. The molecule has 2 amide bonds. The Morgan fingerprint density at radius 2 is 1.71 bits per heavy atom. The Hall–Kier alpha value is -4.13. The second-order valence-corrected chi connectivity index (χ2v) is 8.29. The predicted octanol–water partition coefficient (Wildman–Crippen LogP) is 3.44. The number of carbonyl (C=O) groups is 2. The van der Waals surface area contributed by atoms with E-state index in [2.05, 4.69) is 17.1 Å². The fourth-order valence-electron chi connectivity index (χ4n) is 4.61. The number of hydrogen-bond acceptors (Lipinski definition) is 6. The SMILES string of the molecule is COc1ccc(C2=C(N3CCc4ccccc4C3)C(=O)N(Cc3cccnc3)C2=O)cc1OC. The molecule has 1 aromatic heterocycles. The third-order valence-electron chi connectivity index (χ3n) is 6.33. The third kappa shape index (κ3) is 3.79. The van der Waals surface area contributed by atoms with Crippen LogP contribution in [0.15, 0.2) is 72.7 Å². The van der Waals surface area contributed by atoms with Crippen molar-refractivity contribution in [2.75, 3.05) is 20.8 Å². The summed E-state index contributed by atoms with van der Waals surface area (Å²) < 4.78 is 10.8. The van der Waals surface area contributed by atoms with E-state index < -0.39 is 0 Å². The number of rotatable bonds is 6. The summed E-state index contributed by atoms with van der Waals surface area (Å²) in [5.41, 5.74) is 4.67. The van der Waals surface area contributed by atoms with Crippen LogP contribution in [0.2, 0.25) is 0 Å². The molecule has 3 heterocycles. The molecule has 2 aliphatic rings. The van der Waals surface area contributed by atoms with Gasteiger partial charge in [-0.3, -0.25) is 19.5 Å². The fourth-order valence-corrected chi connectivity index (χ4v) is 4.61. The Morgan fingerprint density at radius 1 is 0.912 bits per heavy atom. The molecule has 0 bridgehead atoms. The summed E-state index contributed by atoms with van der Waals surface area (Å²) in [6.07, 6.45) is 4.15. The molecular formula is C27H25N3O4. The molecule has 0 saturated heterocycles. The highest BCUT2D eigenvalue weighted by atomic mass is 16.5. The van der Waals surface area contributed by atoms with Crippen LogP contribution in [0.3, 0.4) is 0 Å². The van der Waals surface area contributed by atoms with E-state index in [0.29, 0.717) is 41.4 Å². The first-order valence-electron chi connectivity index (χ1n) is 11.1. The van der Waals surface area contributed by atoms with E-state index in [9.17, 15) is 9.59 Å². The lowest BCUT2D eigenvalue weighted by Gasteiger charge is -2.31. The molecule has 0 aliphatic carbocycles. The van der Waals surface area contributed by atoms with Crippen LogP contribution in [0.25, 0.3) is 5.57 Å². The van der Waals surface area contributed by atoms with Crippen LogP contribution < -0.4 is 9.47 Å². The lowest BCUT2D eigenvalue weighted by molar-refractivity contribution is -0.138. The van der Waals surface area contributed by atoms with Gasteiger partial charge in [0.05, 0.1) is 26.3 Å². The van der Waals surface area contributed by atoms with E-state index >= 15 is 0 Å². The summed E-state index contributed by atoms with van der Waals surface area (Å²) in [5, 5.41) is 0. The minimum Gasteiger partial charge on any atom is -0.493 e. The maximum atomic E-state index is 13.7. The Kier molecular flexibility index (Phi) is 5.76. The number of pyridine rings is 1. The Bertz CT molecular complexity index is 1290. The fraction of sp³-hybridized carbons (Fsp3) is 0.222. The van der Waals surface area contributed by atoms with Crippen LogP contribution >= 0.6 is 0 Å². The Morgan fingerprint density at radius 3 is 2.44 bits per heavy atom. The van der Waals surface area contributed by atoms with Crippen molar-refractivity contribution in [3.8, 4) is 11.5 Å². The quantitative estimate of drug-likeness (QED) is 0.531. The van der Waals surface area contributed by atoms with Gasteiger partial charge in [0, 0.05) is 25.5 Å². The number of nitrogens with zero attached hydrogens (tertiary/aromatic N) is 3. The van der Waals surface area contributed by atoms with Gasteiger partial charge in [0.15, 0.2) is 11.5 Å². The first-order valence-corrected chi connectivity index (χ1v) is 11.1. The average molecular weight is 456 g/mol. The van der Waals surface area contributed by atoms with Gasteiger partial charge >= 0.3 is 0 Å². The minimum absolute atomic E-state index is 0.163. The normalized spacial score (nSPS) is 15.6. The van der Waals surface area contributed by atoms with Gasteiger partial charge in [-0.05, 0) is 46.9 Å². The van der Waals surface area contributed by atoms with Crippen LogP contribution in [0.5, 0.6) is 11.5 Å². The second-order valence-electron chi connectivity index (χ2n) is 8.29. The highest BCUT2D eigenvalue weighted by Crippen LogP contribution is 2.38. The largest absolute Gasteiger partial charge is 0.493 e. The smallest absolute Gasteiger partial charge is 0.278 e. The number of carbonyl (C=O) groups excluding carboxylic acids is 2. The van der Waals surface area contributed by atoms with Crippen molar-refractivity contribution in [1.29, 1.82) is 0 Å². The van der Waals surface area contributed by atoms with Crippen molar-refractivity contribution in [3.63, 3.8) is 0 Å². The highest BCUT2D eigenvalue weighted by Gasteiger charge is 2.42. The van der Waals surface area contributed by atoms with Crippen LogP contribution in [0.1, 0.15) is 22.3 Å². The van der Waals surface area contributed by atoms with Crippen LogP contribution in [-0.2, 0) is 29.1 Å². The molecule has 3 aromatic rings. The lowest BCUT2D eigenvalue weighted by Crippen LogP contribution is -2.37. The van der Waals surface area contributed by atoms with E-state index in [-0.39, 0.29) is 18.4 Å². The molecule has 7 heteroatoms. The van der Waals surface area contributed by atoms with E-state index in [4.69, 9.17) is 9.47 Å². The molecule has 0 fully saturated rings. The lowest BCUT2D eigenvalue weighted by atomic mass is 9.97. The molecule has 0 atom stereocenters. The third-order valence-corrected chi connectivity index (χ3v) is 6.33. The molecule has 0 saturated carbocycles. The number of aromatic nitrogens is 1. The van der Waals surface area contributed by atoms with Crippen molar-refractivity contribution >= 4 is 17.4 Å². The molecule has 2 aromatic carbocycles. The highest BCUT2D eigenvalue weighted by molar-refractivity contribution is 6.35. The maximum Gasteiger partial charge on any atom is 0.278 e. The summed E-state index contributed by atoms with van der Waals surface area (Å²) in [4.78, 5) is 34.9. The summed E-state index contributed by atoms with van der Waals surface area (Å²) >= 11 is 0. The molecular weight excluding hydrogens is 430 g/mol. The Balaban J connectivity index is 1.59. The van der Waals surface area contributed by atoms with Crippen LogP contribution in [-0.4, -0.2) is 47.4 Å². The van der Waals surface area contributed by atoms with Crippen molar-refractivity contribution in [1.82, 2.24) is 14.8 Å². The van der Waals surface area contributed by atoms with Crippen molar-refractivity contribution in [2.45, 2.75) is 19.5 Å². The van der Waals surface area contributed by atoms with E-state index in [1.165, 1.54) is 16.0 Å². The summed E-state index contributed by atoms with van der Waals surface area (Å²) in [7, 11) is 3.11. The maximum absolute atomic E-state index is 13.7. The molecule has 0 unspecified atom stereocenters. The molecule has 0 N–H and O–H groups in total. The van der Waals surface area contributed by atoms with Crippen molar-refractivity contribution in [3.05, 3.63) is 94.9 Å². The summed E-state index contributed by atoms with van der Waals surface area (Å²) in [6, 6.07) is 17.2. The number of benzene rings is 2. The molecule has 0 spiro atoms. The van der Waals surface area contributed by atoms with Gasteiger partial charge in [0.25, 0.3) is 11.8 Å². The van der Waals surface area contributed by atoms with Gasteiger partial charge in [0.1, 0.15) is 5.70 Å². The van der Waals surface area contributed by atoms with Crippen molar-refractivity contribution in [2.24, 2.45) is 0 Å². The minimum atomic E-state index is -0.324. The molecule has 34 heavy (non-hydrogen) atoms. The topological polar surface area (TPSA) is 72.0 Å². The van der Waals surface area contributed by atoms with E-state index in [0.717, 1.165) is 12.0 Å². The number of hydrogen-bond donors (Lipinski definition) is 0. The van der Waals surface area contributed by atoms with Gasteiger partial charge in [-0.2, -0.15) is 0 Å². The zero-order valence-corrected chi connectivity index (χ0v) is 19.2. The number of imide groups is 1. The first-order chi connectivity index (χ1) is 16.6. The van der Waals surface area contributed by atoms with Gasteiger partial charge in [-0.15, -0.1) is 0 Å². The second kappa shape index (κ2) is 9.02. The van der Waals surface area contributed by atoms with Gasteiger partial charge in [0.2, 0.25) is 0 Å². The van der Waals surface area contributed by atoms with E-state index in [1.807, 2.05) is 23.1 Å². The Labute approximate surface area is 198 Å². The molecule has 0 radical (unpaired) electrons. The number of methoxy groups -OCH3 is 2. The zero-order chi connectivity index (χ0) is 23.7. The van der Waals surface area contributed by atoms with Crippen molar-refractivity contribution < 1.29 is 19.1 Å².